The Hall–Kier alpha value is -1.63. The molecular weight excluding hydrogens is 342 g/mol. The van der Waals surface area contributed by atoms with Gasteiger partial charge in [-0.1, -0.05) is 30.3 Å². The number of piperidine rings is 1. The summed E-state index contributed by atoms with van der Waals surface area (Å²) < 4.78 is 0. The molecule has 2 amide bonds. The number of benzene rings is 1. The smallest absolute Gasteiger partial charge is 0.317 e. The van der Waals surface area contributed by atoms with Crippen molar-refractivity contribution in [2.75, 3.05) is 39.3 Å². The van der Waals surface area contributed by atoms with Crippen LogP contribution in [0.25, 0.3) is 0 Å². The average molecular weight is 376 g/mol. The van der Waals surface area contributed by atoms with Crippen molar-refractivity contribution in [2.45, 2.75) is 50.2 Å². The Labute approximate surface area is 162 Å². The zero-order valence-corrected chi connectivity index (χ0v) is 16.1. The van der Waals surface area contributed by atoms with Crippen LogP contribution in [0.4, 0.5) is 4.79 Å². The van der Waals surface area contributed by atoms with E-state index in [0.29, 0.717) is 25.9 Å². The number of aliphatic hydroxyl groups excluding tert-OH is 1. The summed E-state index contributed by atoms with van der Waals surface area (Å²) in [5.41, 5.74) is 0.344. The third-order valence-electron chi connectivity index (χ3n) is 5.97. The minimum atomic E-state index is -1.03. The first kappa shape index (κ1) is 20.1. The molecule has 150 valence electrons. The summed E-state index contributed by atoms with van der Waals surface area (Å²) in [4.78, 5) is 16.8. The zero-order chi connectivity index (χ0) is 19.1. The van der Waals surface area contributed by atoms with Gasteiger partial charge >= 0.3 is 6.03 Å². The molecular formula is C21H33N3O3. The largest absolute Gasteiger partial charge is 0.393 e. The van der Waals surface area contributed by atoms with Crippen molar-refractivity contribution in [2.24, 2.45) is 0 Å². The van der Waals surface area contributed by atoms with E-state index in [4.69, 9.17) is 0 Å². The number of urea groups is 1. The van der Waals surface area contributed by atoms with Crippen molar-refractivity contribution in [1.82, 2.24) is 15.1 Å². The number of hydrogen-bond acceptors (Lipinski definition) is 4. The van der Waals surface area contributed by atoms with Crippen LogP contribution in [-0.2, 0) is 6.42 Å². The predicted molar refractivity (Wildman–Crippen MR) is 106 cm³/mol. The van der Waals surface area contributed by atoms with E-state index in [0.717, 1.165) is 45.3 Å². The topological polar surface area (TPSA) is 76.0 Å². The lowest BCUT2D eigenvalue weighted by molar-refractivity contribution is -0.0248. The molecule has 0 saturated carbocycles. The van der Waals surface area contributed by atoms with E-state index >= 15 is 0 Å². The highest BCUT2D eigenvalue weighted by atomic mass is 16.3. The fourth-order valence-electron chi connectivity index (χ4n) is 4.04. The molecule has 0 aromatic heterocycles. The van der Waals surface area contributed by atoms with Crippen LogP contribution in [0.15, 0.2) is 30.3 Å². The van der Waals surface area contributed by atoms with Crippen molar-refractivity contribution < 1.29 is 15.0 Å². The number of nitrogens with zero attached hydrogens (tertiary/aromatic N) is 2. The number of carbonyl (C=O) groups excluding carboxylic acids is 1. The number of amides is 2. The maximum Gasteiger partial charge on any atom is 0.317 e. The molecule has 3 N–H and O–H groups in total. The molecule has 0 bridgehead atoms. The highest BCUT2D eigenvalue weighted by Gasteiger charge is 2.31. The SMILES string of the molecule is O=C(NC1CCN(CCc2ccccc2)CC1)N1CCC[C@](O)(CO)CC1. The van der Waals surface area contributed by atoms with Gasteiger partial charge in [0.25, 0.3) is 0 Å². The summed E-state index contributed by atoms with van der Waals surface area (Å²) in [7, 11) is 0. The standard InChI is InChI=1S/C21H33N3O3/c25-17-21(27)10-4-12-24(16-11-21)20(26)22-19-8-14-23(15-9-19)13-7-18-5-2-1-3-6-18/h1-3,5-6,19,25,27H,4,7-17H2,(H,22,26)/t21-/m1/s1. The second-order valence-corrected chi connectivity index (χ2v) is 8.02. The monoisotopic (exact) mass is 375 g/mol. The Morgan fingerprint density at radius 3 is 2.56 bits per heavy atom. The number of nitrogens with one attached hydrogen (secondary N) is 1. The van der Waals surface area contributed by atoms with Crippen molar-refractivity contribution in [3.8, 4) is 0 Å². The first-order valence-corrected chi connectivity index (χ1v) is 10.2. The molecule has 0 spiro atoms. The number of aliphatic hydroxyl groups is 2. The number of hydrogen-bond donors (Lipinski definition) is 3. The molecule has 6 heteroatoms. The molecule has 0 unspecified atom stereocenters. The fraction of sp³-hybridized carbons (Fsp3) is 0.667. The summed E-state index contributed by atoms with van der Waals surface area (Å²) in [6.45, 7) is 4.01. The summed E-state index contributed by atoms with van der Waals surface area (Å²) in [5.74, 6) is 0. The van der Waals surface area contributed by atoms with E-state index in [1.165, 1.54) is 5.56 Å². The van der Waals surface area contributed by atoms with Gasteiger partial charge in [-0.2, -0.15) is 0 Å². The van der Waals surface area contributed by atoms with Gasteiger partial charge in [-0.05, 0) is 44.1 Å². The van der Waals surface area contributed by atoms with Gasteiger partial charge < -0.3 is 25.3 Å². The van der Waals surface area contributed by atoms with E-state index in [-0.39, 0.29) is 18.7 Å². The van der Waals surface area contributed by atoms with E-state index < -0.39 is 5.60 Å². The maximum absolute atomic E-state index is 12.6. The predicted octanol–water partition coefficient (Wildman–Crippen LogP) is 1.61. The first-order chi connectivity index (χ1) is 13.1. The summed E-state index contributed by atoms with van der Waals surface area (Å²) in [6, 6.07) is 10.8. The molecule has 2 saturated heterocycles. The van der Waals surface area contributed by atoms with Gasteiger partial charge in [0.2, 0.25) is 0 Å². The van der Waals surface area contributed by atoms with Gasteiger partial charge in [0, 0.05) is 38.8 Å². The van der Waals surface area contributed by atoms with E-state index in [1.807, 2.05) is 6.07 Å². The third-order valence-corrected chi connectivity index (χ3v) is 5.97. The van der Waals surface area contributed by atoms with Crippen LogP contribution in [0, 0.1) is 0 Å². The Bertz CT molecular complexity index is 590. The van der Waals surface area contributed by atoms with Crippen LogP contribution >= 0.6 is 0 Å². The van der Waals surface area contributed by atoms with Gasteiger partial charge in [0.15, 0.2) is 0 Å². The highest BCUT2D eigenvalue weighted by Crippen LogP contribution is 2.22. The van der Waals surface area contributed by atoms with Crippen LogP contribution in [0.1, 0.15) is 37.7 Å². The molecule has 1 atom stereocenters. The first-order valence-electron chi connectivity index (χ1n) is 10.2. The molecule has 0 radical (unpaired) electrons. The van der Waals surface area contributed by atoms with Crippen molar-refractivity contribution in [3.63, 3.8) is 0 Å². The van der Waals surface area contributed by atoms with Gasteiger partial charge in [0.05, 0.1) is 12.2 Å². The van der Waals surface area contributed by atoms with Crippen LogP contribution in [0.2, 0.25) is 0 Å². The lowest BCUT2D eigenvalue weighted by atomic mass is 9.96. The van der Waals surface area contributed by atoms with Crippen LogP contribution < -0.4 is 5.32 Å². The molecule has 3 rings (SSSR count). The second-order valence-electron chi connectivity index (χ2n) is 8.02. The van der Waals surface area contributed by atoms with Gasteiger partial charge in [-0.25, -0.2) is 4.79 Å². The fourth-order valence-corrected chi connectivity index (χ4v) is 4.04. The Kier molecular flexibility index (Phi) is 7.10. The molecule has 2 aliphatic rings. The second kappa shape index (κ2) is 9.53. The summed E-state index contributed by atoms with van der Waals surface area (Å²) >= 11 is 0. The van der Waals surface area contributed by atoms with Crippen molar-refractivity contribution >= 4 is 6.03 Å². The van der Waals surface area contributed by atoms with E-state index in [1.54, 1.807) is 4.90 Å². The molecule has 2 aliphatic heterocycles. The number of likely N-dealkylation sites (tertiary alicyclic amines) is 2. The Morgan fingerprint density at radius 1 is 1.11 bits per heavy atom. The summed E-state index contributed by atoms with van der Waals surface area (Å²) in [5, 5.41) is 22.7. The van der Waals surface area contributed by atoms with Crippen LogP contribution in [0.3, 0.4) is 0 Å². The third kappa shape index (κ3) is 5.92. The zero-order valence-electron chi connectivity index (χ0n) is 16.1. The molecule has 27 heavy (non-hydrogen) atoms. The molecule has 2 heterocycles. The van der Waals surface area contributed by atoms with Gasteiger partial charge in [0.1, 0.15) is 0 Å². The van der Waals surface area contributed by atoms with Crippen molar-refractivity contribution in [1.29, 1.82) is 0 Å². The minimum Gasteiger partial charge on any atom is -0.393 e. The van der Waals surface area contributed by atoms with Gasteiger partial charge in [-0.15, -0.1) is 0 Å². The molecule has 0 aliphatic carbocycles. The van der Waals surface area contributed by atoms with E-state index in [2.05, 4.69) is 34.5 Å². The minimum absolute atomic E-state index is 0.0278. The molecule has 1 aromatic rings. The maximum atomic E-state index is 12.6. The Morgan fingerprint density at radius 2 is 1.85 bits per heavy atom. The lowest BCUT2D eigenvalue weighted by Crippen LogP contribution is -2.50. The molecule has 6 nitrogen and oxygen atoms in total. The van der Waals surface area contributed by atoms with Crippen LogP contribution in [0.5, 0.6) is 0 Å². The average Bonchev–Trinajstić information content (AvgIpc) is 2.91. The molecule has 1 aromatic carbocycles. The Balaban J connectivity index is 1.38. The highest BCUT2D eigenvalue weighted by molar-refractivity contribution is 5.74. The number of carbonyl (C=O) groups is 1. The quantitative estimate of drug-likeness (QED) is 0.731. The van der Waals surface area contributed by atoms with Crippen LogP contribution in [-0.4, -0.2) is 77.0 Å². The lowest BCUT2D eigenvalue weighted by Gasteiger charge is -2.33. The summed E-state index contributed by atoms with van der Waals surface area (Å²) in [6.07, 6.45) is 4.74. The number of rotatable bonds is 5. The van der Waals surface area contributed by atoms with Crippen molar-refractivity contribution in [3.05, 3.63) is 35.9 Å². The molecule has 2 fully saturated rings. The van der Waals surface area contributed by atoms with E-state index in [9.17, 15) is 15.0 Å². The van der Waals surface area contributed by atoms with Gasteiger partial charge in [-0.3, -0.25) is 0 Å². The normalized spacial score (nSPS) is 25.2.